The number of nitriles is 1. The Kier molecular flexibility index (Phi) is 3.58. The first-order valence-corrected chi connectivity index (χ1v) is 5.95. The van der Waals surface area contributed by atoms with Gasteiger partial charge in [0.25, 0.3) is 0 Å². The monoisotopic (exact) mass is 218 g/mol. The summed E-state index contributed by atoms with van der Waals surface area (Å²) in [5.74, 6) is 0.569. The highest BCUT2D eigenvalue weighted by Gasteiger charge is 2.23. The van der Waals surface area contributed by atoms with E-state index in [1.807, 2.05) is 6.20 Å². The average Bonchev–Trinajstić information content (AvgIpc) is 2.78. The van der Waals surface area contributed by atoms with Crippen LogP contribution in [-0.4, -0.2) is 9.55 Å². The largest absolute Gasteiger partial charge is 0.323 e. The van der Waals surface area contributed by atoms with Crippen LogP contribution < -0.4 is 5.73 Å². The fourth-order valence-electron chi connectivity index (χ4n) is 2.45. The van der Waals surface area contributed by atoms with Gasteiger partial charge >= 0.3 is 0 Å². The normalized spacial score (nSPS) is 19.2. The van der Waals surface area contributed by atoms with Gasteiger partial charge in [0, 0.05) is 6.20 Å². The van der Waals surface area contributed by atoms with Crippen molar-refractivity contribution in [2.75, 3.05) is 0 Å². The van der Waals surface area contributed by atoms with Crippen molar-refractivity contribution in [3.05, 3.63) is 18.2 Å². The molecule has 0 amide bonds. The molecule has 4 heteroatoms. The highest BCUT2D eigenvalue weighted by atomic mass is 15.0. The number of hydrogen-bond donors (Lipinski definition) is 1. The number of nitrogens with zero attached hydrogens (tertiary/aromatic N) is 3. The third kappa shape index (κ3) is 2.42. The Labute approximate surface area is 96.1 Å². The topological polar surface area (TPSA) is 67.6 Å². The fraction of sp³-hybridized carbons (Fsp3) is 0.667. The van der Waals surface area contributed by atoms with Crippen LogP contribution in [-0.2, 0) is 6.54 Å². The van der Waals surface area contributed by atoms with E-state index in [9.17, 15) is 0 Å². The van der Waals surface area contributed by atoms with Crippen LogP contribution in [0.15, 0.2) is 12.5 Å². The quantitative estimate of drug-likeness (QED) is 0.843. The smallest absolute Gasteiger partial charge is 0.111 e. The Hall–Kier alpha value is -1.34. The van der Waals surface area contributed by atoms with Crippen molar-refractivity contribution >= 4 is 0 Å². The van der Waals surface area contributed by atoms with E-state index in [0.717, 1.165) is 5.69 Å². The lowest BCUT2D eigenvalue weighted by molar-refractivity contribution is 0.305. The molecule has 0 spiro atoms. The lowest BCUT2D eigenvalue weighted by Gasteiger charge is -2.26. The van der Waals surface area contributed by atoms with E-state index < -0.39 is 0 Å². The van der Waals surface area contributed by atoms with Crippen LogP contribution in [0.4, 0.5) is 0 Å². The summed E-state index contributed by atoms with van der Waals surface area (Å²) >= 11 is 0. The molecule has 0 radical (unpaired) electrons. The summed E-state index contributed by atoms with van der Waals surface area (Å²) in [6.07, 6.45) is 9.95. The van der Waals surface area contributed by atoms with Crippen molar-refractivity contribution in [1.82, 2.24) is 9.55 Å². The molecule has 1 aliphatic carbocycles. The molecular formula is C12H18N4. The summed E-state index contributed by atoms with van der Waals surface area (Å²) in [4.78, 5) is 4.30. The molecule has 0 unspecified atom stereocenters. The molecule has 4 nitrogen and oxygen atoms in total. The lowest BCUT2D eigenvalue weighted by atomic mass is 9.83. The lowest BCUT2D eigenvalue weighted by Crippen LogP contribution is -2.23. The second-order valence-electron chi connectivity index (χ2n) is 4.55. The van der Waals surface area contributed by atoms with E-state index >= 15 is 0 Å². The number of rotatable bonds is 3. The van der Waals surface area contributed by atoms with E-state index in [-0.39, 0.29) is 6.04 Å². The molecule has 0 saturated heterocycles. The predicted octanol–water partition coefficient (Wildman–Crippen LogP) is 1.99. The standard InChI is InChI=1S/C12H18N4/c13-6-7-16-8-11(15-9-16)12(14)10-4-2-1-3-5-10/h8-10,12H,1-5,7,14H2/t12-/m0/s1. The van der Waals surface area contributed by atoms with Gasteiger partial charge in [0.1, 0.15) is 6.54 Å². The molecule has 1 fully saturated rings. The minimum atomic E-state index is 0.0419. The zero-order chi connectivity index (χ0) is 11.4. The Morgan fingerprint density at radius 3 is 2.94 bits per heavy atom. The Morgan fingerprint density at radius 2 is 2.25 bits per heavy atom. The van der Waals surface area contributed by atoms with Gasteiger partial charge in [0.2, 0.25) is 0 Å². The van der Waals surface area contributed by atoms with E-state index in [2.05, 4.69) is 11.1 Å². The fourth-order valence-corrected chi connectivity index (χ4v) is 2.45. The first kappa shape index (κ1) is 11.2. The summed E-state index contributed by atoms with van der Waals surface area (Å²) in [6.45, 7) is 0.352. The van der Waals surface area contributed by atoms with Gasteiger partial charge in [-0.15, -0.1) is 0 Å². The Morgan fingerprint density at radius 1 is 1.50 bits per heavy atom. The summed E-state index contributed by atoms with van der Waals surface area (Å²) in [6, 6.07) is 2.14. The summed E-state index contributed by atoms with van der Waals surface area (Å²) in [5, 5.41) is 8.59. The average molecular weight is 218 g/mol. The molecule has 1 aromatic heterocycles. The molecule has 2 rings (SSSR count). The first-order valence-electron chi connectivity index (χ1n) is 5.95. The van der Waals surface area contributed by atoms with Crippen LogP contribution >= 0.6 is 0 Å². The third-order valence-corrected chi connectivity index (χ3v) is 3.41. The summed E-state index contributed by atoms with van der Waals surface area (Å²) in [7, 11) is 0. The van der Waals surface area contributed by atoms with Gasteiger partial charge in [0.05, 0.1) is 24.1 Å². The molecule has 1 aliphatic rings. The first-order chi connectivity index (χ1) is 7.81. The van der Waals surface area contributed by atoms with Gasteiger partial charge in [-0.3, -0.25) is 0 Å². The van der Waals surface area contributed by atoms with Gasteiger partial charge in [-0.1, -0.05) is 19.3 Å². The summed E-state index contributed by atoms with van der Waals surface area (Å²) in [5.41, 5.74) is 7.15. The second kappa shape index (κ2) is 5.13. The van der Waals surface area contributed by atoms with Gasteiger partial charge in [0.15, 0.2) is 0 Å². The van der Waals surface area contributed by atoms with Gasteiger partial charge in [-0.25, -0.2) is 4.98 Å². The van der Waals surface area contributed by atoms with Gasteiger partial charge in [-0.2, -0.15) is 5.26 Å². The minimum Gasteiger partial charge on any atom is -0.323 e. The van der Waals surface area contributed by atoms with Gasteiger partial charge in [-0.05, 0) is 18.8 Å². The molecule has 0 aromatic carbocycles. The SMILES string of the molecule is N#CCn1cnc([C@@H](N)C2CCCCC2)c1. The molecular weight excluding hydrogens is 200 g/mol. The third-order valence-electron chi connectivity index (χ3n) is 3.41. The van der Waals surface area contributed by atoms with Gasteiger partial charge < -0.3 is 10.3 Å². The Balaban J connectivity index is 2.01. The number of hydrogen-bond acceptors (Lipinski definition) is 3. The van der Waals surface area contributed by atoms with Crippen LogP contribution in [0.1, 0.15) is 43.8 Å². The number of imidazole rings is 1. The van der Waals surface area contributed by atoms with Crippen LogP contribution in [0.2, 0.25) is 0 Å². The van der Waals surface area contributed by atoms with Crippen molar-refractivity contribution in [1.29, 1.82) is 5.26 Å². The molecule has 0 aliphatic heterocycles. The molecule has 1 aromatic rings. The van der Waals surface area contributed by atoms with E-state index in [1.54, 1.807) is 10.9 Å². The molecule has 1 atom stereocenters. The van der Waals surface area contributed by atoms with Crippen LogP contribution in [0.5, 0.6) is 0 Å². The maximum atomic E-state index is 8.59. The molecule has 86 valence electrons. The zero-order valence-corrected chi connectivity index (χ0v) is 9.47. The van der Waals surface area contributed by atoms with Crippen LogP contribution in [0.25, 0.3) is 0 Å². The van der Waals surface area contributed by atoms with Crippen LogP contribution in [0, 0.1) is 17.2 Å². The maximum Gasteiger partial charge on any atom is 0.111 e. The predicted molar refractivity (Wildman–Crippen MR) is 61.3 cm³/mol. The molecule has 2 N–H and O–H groups in total. The summed E-state index contributed by atoms with van der Waals surface area (Å²) < 4.78 is 1.79. The molecule has 0 bridgehead atoms. The Bertz CT molecular complexity index is 371. The molecule has 1 heterocycles. The van der Waals surface area contributed by atoms with Crippen LogP contribution in [0.3, 0.4) is 0 Å². The second-order valence-corrected chi connectivity index (χ2v) is 4.55. The van der Waals surface area contributed by atoms with Crippen molar-refractivity contribution in [2.45, 2.75) is 44.7 Å². The highest BCUT2D eigenvalue weighted by molar-refractivity contribution is 5.05. The van der Waals surface area contributed by atoms with Crippen molar-refractivity contribution in [3.8, 4) is 6.07 Å². The van der Waals surface area contributed by atoms with Crippen molar-refractivity contribution < 1.29 is 0 Å². The minimum absolute atomic E-state index is 0.0419. The molecule has 1 saturated carbocycles. The maximum absolute atomic E-state index is 8.59. The number of aromatic nitrogens is 2. The van der Waals surface area contributed by atoms with E-state index in [4.69, 9.17) is 11.0 Å². The van der Waals surface area contributed by atoms with E-state index in [0.29, 0.717) is 12.5 Å². The molecule has 16 heavy (non-hydrogen) atoms. The van der Waals surface area contributed by atoms with Crippen molar-refractivity contribution in [3.63, 3.8) is 0 Å². The highest BCUT2D eigenvalue weighted by Crippen LogP contribution is 2.32. The zero-order valence-electron chi connectivity index (χ0n) is 9.47. The number of nitrogens with two attached hydrogens (primary N) is 1. The van der Waals surface area contributed by atoms with Crippen molar-refractivity contribution in [2.24, 2.45) is 11.7 Å². The van der Waals surface area contributed by atoms with E-state index in [1.165, 1.54) is 32.1 Å².